The van der Waals surface area contributed by atoms with Gasteiger partial charge in [-0.1, -0.05) is 19.1 Å². The first kappa shape index (κ1) is 15.3. The second kappa shape index (κ2) is 7.62. The van der Waals surface area contributed by atoms with Crippen molar-refractivity contribution in [2.75, 3.05) is 26.8 Å². The highest BCUT2D eigenvalue weighted by molar-refractivity contribution is 5.29. The van der Waals surface area contributed by atoms with E-state index in [2.05, 4.69) is 12.2 Å². The fourth-order valence-electron chi connectivity index (χ4n) is 2.75. The van der Waals surface area contributed by atoms with Crippen LogP contribution in [0.15, 0.2) is 24.3 Å². The second-order valence-corrected chi connectivity index (χ2v) is 5.32. The minimum absolute atomic E-state index is 0.372. The van der Waals surface area contributed by atoms with Crippen molar-refractivity contribution in [1.82, 2.24) is 5.32 Å². The Morgan fingerprint density at radius 3 is 3.10 bits per heavy atom. The standard InChI is InChI=1S/C16H25NO3/c1-3-16-13(7-8-20-16)10-17-11-15(18)12-5-4-6-14(9-12)19-2/h4-6,9,13,15-18H,3,7-8,10-11H2,1-2H3. The van der Waals surface area contributed by atoms with Gasteiger partial charge in [0, 0.05) is 19.7 Å². The minimum atomic E-state index is -0.507. The van der Waals surface area contributed by atoms with Gasteiger partial charge in [0.05, 0.1) is 19.3 Å². The molecule has 1 aromatic carbocycles. The minimum Gasteiger partial charge on any atom is -0.497 e. The molecule has 1 saturated heterocycles. The molecule has 1 aliphatic rings. The summed E-state index contributed by atoms with van der Waals surface area (Å²) in [5.41, 5.74) is 0.881. The van der Waals surface area contributed by atoms with Crippen molar-refractivity contribution in [2.45, 2.75) is 32.0 Å². The van der Waals surface area contributed by atoms with E-state index in [9.17, 15) is 5.11 Å². The van der Waals surface area contributed by atoms with E-state index in [-0.39, 0.29) is 0 Å². The number of ether oxygens (including phenoxy) is 2. The van der Waals surface area contributed by atoms with Crippen LogP contribution in [0.25, 0.3) is 0 Å². The average Bonchev–Trinajstić information content (AvgIpc) is 2.94. The molecule has 2 N–H and O–H groups in total. The van der Waals surface area contributed by atoms with E-state index in [1.165, 1.54) is 0 Å². The molecular formula is C16H25NO3. The lowest BCUT2D eigenvalue weighted by Gasteiger charge is -2.19. The van der Waals surface area contributed by atoms with Gasteiger partial charge in [0.2, 0.25) is 0 Å². The summed E-state index contributed by atoms with van der Waals surface area (Å²) in [5.74, 6) is 1.34. The lowest BCUT2D eigenvalue weighted by molar-refractivity contribution is 0.0858. The molecule has 4 heteroatoms. The average molecular weight is 279 g/mol. The Labute approximate surface area is 121 Å². The lowest BCUT2D eigenvalue weighted by Crippen LogP contribution is -2.31. The van der Waals surface area contributed by atoms with Gasteiger partial charge in [-0.3, -0.25) is 0 Å². The topological polar surface area (TPSA) is 50.7 Å². The summed E-state index contributed by atoms with van der Waals surface area (Å²) >= 11 is 0. The monoisotopic (exact) mass is 279 g/mol. The maximum atomic E-state index is 10.2. The molecule has 2 rings (SSSR count). The maximum absolute atomic E-state index is 10.2. The first-order chi connectivity index (χ1) is 9.74. The summed E-state index contributed by atoms with van der Waals surface area (Å²) in [5, 5.41) is 13.5. The Kier molecular flexibility index (Phi) is 5.83. The van der Waals surface area contributed by atoms with Gasteiger partial charge in [-0.2, -0.15) is 0 Å². The Balaban J connectivity index is 1.78. The van der Waals surface area contributed by atoms with Gasteiger partial charge in [0.1, 0.15) is 5.75 Å². The van der Waals surface area contributed by atoms with Crippen LogP contribution in [0.5, 0.6) is 5.75 Å². The number of methoxy groups -OCH3 is 1. The van der Waals surface area contributed by atoms with Crippen molar-refractivity contribution < 1.29 is 14.6 Å². The summed E-state index contributed by atoms with van der Waals surface area (Å²) in [6.07, 6.45) is 2.04. The normalized spacial score (nSPS) is 23.8. The molecule has 0 spiro atoms. The van der Waals surface area contributed by atoms with Crippen LogP contribution in [0.3, 0.4) is 0 Å². The fraction of sp³-hybridized carbons (Fsp3) is 0.625. The van der Waals surface area contributed by atoms with E-state index in [0.717, 1.165) is 37.3 Å². The van der Waals surface area contributed by atoms with Crippen molar-refractivity contribution in [1.29, 1.82) is 0 Å². The van der Waals surface area contributed by atoms with Gasteiger partial charge in [-0.25, -0.2) is 0 Å². The van der Waals surface area contributed by atoms with Crippen LogP contribution < -0.4 is 10.1 Å². The highest BCUT2D eigenvalue weighted by Crippen LogP contribution is 2.23. The number of benzene rings is 1. The zero-order chi connectivity index (χ0) is 14.4. The van der Waals surface area contributed by atoms with E-state index < -0.39 is 6.10 Å². The Bertz CT molecular complexity index is 410. The predicted octanol–water partition coefficient (Wildman–Crippen LogP) is 2.13. The van der Waals surface area contributed by atoms with Gasteiger partial charge in [-0.05, 0) is 36.5 Å². The molecule has 0 saturated carbocycles. The van der Waals surface area contributed by atoms with Crippen LogP contribution in [0.1, 0.15) is 31.4 Å². The van der Waals surface area contributed by atoms with E-state index in [4.69, 9.17) is 9.47 Å². The number of hydrogen-bond donors (Lipinski definition) is 2. The van der Waals surface area contributed by atoms with Gasteiger partial charge < -0.3 is 19.9 Å². The van der Waals surface area contributed by atoms with E-state index in [1.807, 2.05) is 24.3 Å². The number of rotatable bonds is 7. The predicted molar refractivity (Wildman–Crippen MR) is 79.0 cm³/mol. The van der Waals surface area contributed by atoms with Crippen LogP contribution in [0, 0.1) is 5.92 Å². The van der Waals surface area contributed by atoms with Crippen molar-refractivity contribution in [3.05, 3.63) is 29.8 Å². The van der Waals surface area contributed by atoms with Crippen molar-refractivity contribution in [3.8, 4) is 5.75 Å². The molecule has 3 unspecified atom stereocenters. The SMILES string of the molecule is CCC1OCCC1CNCC(O)c1cccc(OC)c1. The van der Waals surface area contributed by atoms with Crippen LogP contribution in [0.4, 0.5) is 0 Å². The number of aliphatic hydroxyl groups is 1. The van der Waals surface area contributed by atoms with Gasteiger partial charge in [0.15, 0.2) is 0 Å². The molecule has 20 heavy (non-hydrogen) atoms. The third-order valence-corrected chi connectivity index (χ3v) is 3.97. The fourth-order valence-corrected chi connectivity index (χ4v) is 2.75. The second-order valence-electron chi connectivity index (χ2n) is 5.32. The highest BCUT2D eigenvalue weighted by atomic mass is 16.5. The molecule has 1 aliphatic heterocycles. The molecule has 1 fully saturated rings. The van der Waals surface area contributed by atoms with Crippen LogP contribution in [0.2, 0.25) is 0 Å². The molecule has 0 amide bonds. The Morgan fingerprint density at radius 1 is 1.50 bits per heavy atom. The van der Waals surface area contributed by atoms with Crippen molar-refractivity contribution in [3.63, 3.8) is 0 Å². The molecular weight excluding hydrogens is 254 g/mol. The van der Waals surface area contributed by atoms with Crippen molar-refractivity contribution >= 4 is 0 Å². The molecule has 3 atom stereocenters. The summed E-state index contributed by atoms with van der Waals surface area (Å²) < 4.78 is 10.8. The summed E-state index contributed by atoms with van der Waals surface area (Å²) in [7, 11) is 1.63. The number of nitrogens with one attached hydrogen (secondary N) is 1. The summed E-state index contributed by atoms with van der Waals surface area (Å²) in [4.78, 5) is 0. The van der Waals surface area contributed by atoms with E-state index >= 15 is 0 Å². The smallest absolute Gasteiger partial charge is 0.119 e. The largest absolute Gasteiger partial charge is 0.497 e. The summed E-state index contributed by atoms with van der Waals surface area (Å²) in [6, 6.07) is 7.57. The first-order valence-electron chi connectivity index (χ1n) is 7.39. The Morgan fingerprint density at radius 2 is 2.35 bits per heavy atom. The van der Waals surface area contributed by atoms with Crippen LogP contribution in [-0.2, 0) is 4.74 Å². The number of hydrogen-bond acceptors (Lipinski definition) is 4. The van der Waals surface area contributed by atoms with E-state index in [0.29, 0.717) is 18.6 Å². The summed E-state index contributed by atoms with van der Waals surface area (Å²) in [6.45, 7) is 4.48. The van der Waals surface area contributed by atoms with Gasteiger partial charge >= 0.3 is 0 Å². The lowest BCUT2D eigenvalue weighted by atomic mass is 9.99. The van der Waals surface area contributed by atoms with Gasteiger partial charge in [0.25, 0.3) is 0 Å². The molecule has 4 nitrogen and oxygen atoms in total. The molecule has 112 valence electrons. The zero-order valence-electron chi connectivity index (χ0n) is 12.3. The maximum Gasteiger partial charge on any atom is 0.119 e. The number of aliphatic hydroxyl groups excluding tert-OH is 1. The molecule has 0 aromatic heterocycles. The van der Waals surface area contributed by atoms with E-state index in [1.54, 1.807) is 7.11 Å². The Hall–Kier alpha value is -1.10. The molecule has 0 bridgehead atoms. The highest BCUT2D eigenvalue weighted by Gasteiger charge is 2.26. The van der Waals surface area contributed by atoms with Crippen LogP contribution >= 0.6 is 0 Å². The quantitative estimate of drug-likeness (QED) is 0.803. The molecule has 0 radical (unpaired) electrons. The molecule has 0 aliphatic carbocycles. The third kappa shape index (κ3) is 3.95. The molecule has 1 aromatic rings. The molecule has 1 heterocycles. The zero-order valence-corrected chi connectivity index (χ0v) is 12.3. The van der Waals surface area contributed by atoms with Crippen LogP contribution in [-0.4, -0.2) is 38.0 Å². The van der Waals surface area contributed by atoms with Crippen molar-refractivity contribution in [2.24, 2.45) is 5.92 Å². The third-order valence-electron chi connectivity index (χ3n) is 3.97. The van der Waals surface area contributed by atoms with Gasteiger partial charge in [-0.15, -0.1) is 0 Å². The first-order valence-corrected chi connectivity index (χ1v) is 7.39.